The number of hydroxylamine groups is 1. The normalized spacial score (nSPS) is 11.5. The first kappa shape index (κ1) is 16.7. The van der Waals surface area contributed by atoms with E-state index in [2.05, 4.69) is 5.48 Å². The number of carbonyl (C=O) groups excluding carboxylic acids is 2. The van der Waals surface area contributed by atoms with Gasteiger partial charge in [0, 0.05) is 6.54 Å². The number of ether oxygens (including phenoxy) is 1. The maximum absolute atomic E-state index is 11.9. The molecule has 2 aromatic carbocycles. The largest absolute Gasteiger partial charge is 0.469 e. The van der Waals surface area contributed by atoms with Gasteiger partial charge < -0.3 is 9.57 Å². The minimum atomic E-state index is -0.492. The molecule has 2 rings (SSSR count). The SMILES string of the molecule is COC(=O)C(CNOC(=O)c1ccccc1)Cc1ccccc1. The summed E-state index contributed by atoms with van der Waals surface area (Å²) in [4.78, 5) is 28.7. The summed E-state index contributed by atoms with van der Waals surface area (Å²) >= 11 is 0. The molecule has 1 unspecified atom stereocenters. The van der Waals surface area contributed by atoms with Crippen LogP contribution < -0.4 is 5.48 Å². The van der Waals surface area contributed by atoms with Gasteiger partial charge in [0.25, 0.3) is 0 Å². The van der Waals surface area contributed by atoms with Crippen LogP contribution in [-0.4, -0.2) is 25.6 Å². The third kappa shape index (κ3) is 5.23. The van der Waals surface area contributed by atoms with E-state index in [1.165, 1.54) is 7.11 Å². The fourth-order valence-electron chi connectivity index (χ4n) is 2.15. The van der Waals surface area contributed by atoms with E-state index in [0.29, 0.717) is 12.0 Å². The third-order valence-corrected chi connectivity index (χ3v) is 3.36. The molecule has 1 N–H and O–H groups in total. The Labute approximate surface area is 135 Å². The zero-order chi connectivity index (χ0) is 16.5. The molecule has 0 saturated carbocycles. The van der Waals surface area contributed by atoms with Crippen molar-refractivity contribution in [2.24, 2.45) is 5.92 Å². The molecule has 0 heterocycles. The van der Waals surface area contributed by atoms with Gasteiger partial charge in [0.1, 0.15) is 0 Å². The lowest BCUT2D eigenvalue weighted by molar-refractivity contribution is -0.146. The lowest BCUT2D eigenvalue weighted by Gasteiger charge is -2.15. The molecular weight excluding hydrogens is 294 g/mol. The Balaban J connectivity index is 1.88. The second-order valence-electron chi connectivity index (χ2n) is 5.01. The standard InChI is InChI=1S/C18H19NO4/c1-22-17(20)16(12-14-8-4-2-5-9-14)13-19-23-18(21)15-10-6-3-7-11-15/h2-11,16,19H,12-13H2,1H3. The van der Waals surface area contributed by atoms with Gasteiger partial charge in [0.2, 0.25) is 0 Å². The smallest absolute Gasteiger partial charge is 0.356 e. The Morgan fingerprint density at radius 3 is 2.22 bits per heavy atom. The van der Waals surface area contributed by atoms with Gasteiger partial charge in [-0.15, -0.1) is 0 Å². The quantitative estimate of drug-likeness (QED) is 0.628. The molecule has 0 saturated heterocycles. The highest BCUT2D eigenvalue weighted by Gasteiger charge is 2.20. The minimum Gasteiger partial charge on any atom is -0.469 e. The summed E-state index contributed by atoms with van der Waals surface area (Å²) in [6.45, 7) is 0.181. The molecule has 0 radical (unpaired) electrons. The topological polar surface area (TPSA) is 64.6 Å². The van der Waals surface area contributed by atoms with Crippen molar-refractivity contribution >= 4 is 11.9 Å². The van der Waals surface area contributed by atoms with E-state index in [1.54, 1.807) is 24.3 Å². The lowest BCUT2D eigenvalue weighted by atomic mass is 10.00. The van der Waals surface area contributed by atoms with Crippen LogP contribution >= 0.6 is 0 Å². The average molecular weight is 313 g/mol. The van der Waals surface area contributed by atoms with Gasteiger partial charge >= 0.3 is 11.9 Å². The molecule has 0 aromatic heterocycles. The van der Waals surface area contributed by atoms with E-state index >= 15 is 0 Å². The zero-order valence-corrected chi connectivity index (χ0v) is 12.9. The van der Waals surface area contributed by atoms with Crippen LogP contribution in [0.1, 0.15) is 15.9 Å². The Bertz CT molecular complexity index is 628. The van der Waals surface area contributed by atoms with E-state index < -0.39 is 11.9 Å². The number of carbonyl (C=O) groups is 2. The van der Waals surface area contributed by atoms with Crippen molar-refractivity contribution in [1.82, 2.24) is 5.48 Å². The lowest BCUT2D eigenvalue weighted by Crippen LogP contribution is -2.32. The van der Waals surface area contributed by atoms with E-state index in [0.717, 1.165) is 5.56 Å². The number of hydrogen-bond acceptors (Lipinski definition) is 5. The molecule has 5 heteroatoms. The van der Waals surface area contributed by atoms with Gasteiger partial charge in [0.15, 0.2) is 0 Å². The van der Waals surface area contributed by atoms with Crippen LogP contribution in [-0.2, 0) is 20.8 Å². The molecule has 0 aliphatic carbocycles. The summed E-state index contributed by atoms with van der Waals surface area (Å²) in [7, 11) is 1.34. The molecule has 0 bridgehead atoms. The molecule has 5 nitrogen and oxygen atoms in total. The first-order chi connectivity index (χ1) is 11.2. The molecule has 2 aromatic rings. The van der Waals surface area contributed by atoms with Crippen molar-refractivity contribution in [3.8, 4) is 0 Å². The number of benzene rings is 2. The van der Waals surface area contributed by atoms with Gasteiger partial charge in [0.05, 0.1) is 18.6 Å². The fraction of sp³-hybridized carbons (Fsp3) is 0.222. The van der Waals surface area contributed by atoms with Crippen molar-refractivity contribution in [3.63, 3.8) is 0 Å². The molecule has 0 fully saturated rings. The number of rotatable bonds is 7. The number of methoxy groups -OCH3 is 1. The molecular formula is C18H19NO4. The van der Waals surface area contributed by atoms with Crippen molar-refractivity contribution in [2.75, 3.05) is 13.7 Å². The highest BCUT2D eigenvalue weighted by Crippen LogP contribution is 2.10. The number of hydrogen-bond donors (Lipinski definition) is 1. The minimum absolute atomic E-state index is 0.181. The van der Waals surface area contributed by atoms with Gasteiger partial charge in [-0.2, -0.15) is 5.48 Å². The van der Waals surface area contributed by atoms with E-state index in [4.69, 9.17) is 9.57 Å². The summed E-state index contributed by atoms with van der Waals surface area (Å²) in [5, 5.41) is 0. The third-order valence-electron chi connectivity index (χ3n) is 3.36. The van der Waals surface area contributed by atoms with E-state index in [1.807, 2.05) is 36.4 Å². The summed E-state index contributed by atoms with van der Waals surface area (Å²) in [6, 6.07) is 18.2. The predicted octanol–water partition coefficient (Wildman–Crippen LogP) is 2.38. The van der Waals surface area contributed by atoms with Gasteiger partial charge in [-0.1, -0.05) is 48.5 Å². The van der Waals surface area contributed by atoms with Crippen LogP contribution in [0.25, 0.3) is 0 Å². The first-order valence-corrected chi connectivity index (χ1v) is 7.31. The van der Waals surface area contributed by atoms with Crippen LogP contribution in [0.4, 0.5) is 0 Å². The summed E-state index contributed by atoms with van der Waals surface area (Å²) in [5.74, 6) is -1.28. The zero-order valence-electron chi connectivity index (χ0n) is 12.9. The monoisotopic (exact) mass is 313 g/mol. The van der Waals surface area contributed by atoms with Gasteiger partial charge in [-0.05, 0) is 24.1 Å². The Morgan fingerprint density at radius 2 is 1.61 bits per heavy atom. The van der Waals surface area contributed by atoms with Crippen LogP contribution in [0.5, 0.6) is 0 Å². The van der Waals surface area contributed by atoms with Crippen LogP contribution in [0, 0.1) is 5.92 Å². The Morgan fingerprint density at radius 1 is 1.00 bits per heavy atom. The highest BCUT2D eigenvalue weighted by molar-refractivity contribution is 5.89. The maximum atomic E-state index is 11.9. The van der Waals surface area contributed by atoms with Crippen LogP contribution in [0.2, 0.25) is 0 Å². The molecule has 0 spiro atoms. The van der Waals surface area contributed by atoms with Crippen molar-refractivity contribution < 1.29 is 19.2 Å². The van der Waals surface area contributed by atoms with Crippen molar-refractivity contribution in [1.29, 1.82) is 0 Å². The molecule has 0 aliphatic rings. The second kappa shape index (κ2) is 8.70. The van der Waals surface area contributed by atoms with Gasteiger partial charge in [-0.3, -0.25) is 4.79 Å². The van der Waals surface area contributed by atoms with Crippen molar-refractivity contribution in [2.45, 2.75) is 6.42 Å². The maximum Gasteiger partial charge on any atom is 0.356 e. The van der Waals surface area contributed by atoms with Crippen LogP contribution in [0.15, 0.2) is 60.7 Å². The molecule has 23 heavy (non-hydrogen) atoms. The van der Waals surface area contributed by atoms with Gasteiger partial charge in [-0.25, -0.2) is 4.79 Å². The Hall–Kier alpha value is -2.66. The average Bonchev–Trinajstić information content (AvgIpc) is 2.61. The summed E-state index contributed by atoms with van der Waals surface area (Å²) in [6.07, 6.45) is 0.503. The number of nitrogens with one attached hydrogen (secondary N) is 1. The summed E-state index contributed by atoms with van der Waals surface area (Å²) in [5.41, 5.74) is 4.02. The van der Waals surface area contributed by atoms with Crippen molar-refractivity contribution in [3.05, 3.63) is 71.8 Å². The van der Waals surface area contributed by atoms with E-state index in [-0.39, 0.29) is 12.5 Å². The molecule has 0 amide bonds. The summed E-state index contributed by atoms with van der Waals surface area (Å²) < 4.78 is 4.81. The molecule has 1 atom stereocenters. The highest BCUT2D eigenvalue weighted by atomic mass is 16.7. The predicted molar refractivity (Wildman–Crippen MR) is 85.5 cm³/mol. The second-order valence-corrected chi connectivity index (χ2v) is 5.01. The first-order valence-electron chi connectivity index (χ1n) is 7.31. The molecule has 120 valence electrons. The van der Waals surface area contributed by atoms with Crippen LogP contribution in [0.3, 0.4) is 0 Å². The van der Waals surface area contributed by atoms with E-state index in [9.17, 15) is 9.59 Å². The molecule has 0 aliphatic heterocycles. The number of esters is 1. The fourth-order valence-corrected chi connectivity index (χ4v) is 2.15. The Kier molecular flexibility index (Phi) is 6.32.